The van der Waals surface area contributed by atoms with Crippen molar-refractivity contribution < 1.29 is 9.59 Å². The molecule has 0 heterocycles. The fraction of sp³-hybridized carbons (Fsp3) is 0.167. The van der Waals surface area contributed by atoms with Gasteiger partial charge in [-0.2, -0.15) is 0 Å². The molecular formula is C18H14ClNO2. The lowest BCUT2D eigenvalue weighted by molar-refractivity contribution is 0.0968. The summed E-state index contributed by atoms with van der Waals surface area (Å²) in [6.07, 6.45) is 0. The van der Waals surface area contributed by atoms with Gasteiger partial charge in [0.1, 0.15) is 11.1 Å². The quantitative estimate of drug-likeness (QED) is 0.745. The lowest BCUT2D eigenvalue weighted by Gasteiger charge is -2.19. The number of alkyl halides is 1. The van der Waals surface area contributed by atoms with Crippen molar-refractivity contribution in [2.75, 3.05) is 0 Å². The number of hydrogen-bond acceptors (Lipinski definition) is 3. The number of ketones is 2. The molecule has 0 saturated carbocycles. The third kappa shape index (κ3) is 2.48. The van der Waals surface area contributed by atoms with Crippen molar-refractivity contribution >= 4 is 34.6 Å². The second-order valence-electron chi connectivity index (χ2n) is 5.44. The van der Waals surface area contributed by atoms with Gasteiger partial charge in [-0.3, -0.25) is 9.59 Å². The summed E-state index contributed by atoms with van der Waals surface area (Å²) in [6.45, 7) is 3.91. The molecule has 0 aromatic heterocycles. The van der Waals surface area contributed by atoms with Crippen molar-refractivity contribution in [2.24, 2.45) is 4.99 Å². The van der Waals surface area contributed by atoms with E-state index in [0.29, 0.717) is 16.8 Å². The molecule has 3 rings (SSSR count). The summed E-state index contributed by atoms with van der Waals surface area (Å²) in [5.41, 5.74) is 3.55. The molecule has 1 aliphatic rings. The number of nitrogens with zero attached hydrogens (tertiary/aromatic N) is 1. The van der Waals surface area contributed by atoms with E-state index in [-0.39, 0.29) is 17.3 Å². The zero-order chi connectivity index (χ0) is 15.9. The molecule has 0 fully saturated rings. The van der Waals surface area contributed by atoms with Crippen molar-refractivity contribution in [1.29, 1.82) is 0 Å². The van der Waals surface area contributed by atoms with Crippen molar-refractivity contribution in [2.45, 2.75) is 19.2 Å². The maximum absolute atomic E-state index is 12.6. The molecule has 0 saturated heterocycles. The maximum atomic E-state index is 12.6. The minimum absolute atomic E-state index is 0.0929. The Bertz CT molecular complexity index is 803. The average molecular weight is 312 g/mol. The molecule has 0 spiro atoms. The van der Waals surface area contributed by atoms with Gasteiger partial charge in [0.05, 0.1) is 5.69 Å². The van der Waals surface area contributed by atoms with Gasteiger partial charge < -0.3 is 0 Å². The van der Waals surface area contributed by atoms with Crippen LogP contribution in [0.5, 0.6) is 0 Å². The molecular weight excluding hydrogens is 298 g/mol. The van der Waals surface area contributed by atoms with Gasteiger partial charge in [-0.05, 0) is 37.1 Å². The molecule has 1 atom stereocenters. The van der Waals surface area contributed by atoms with Crippen molar-refractivity contribution in [1.82, 2.24) is 0 Å². The van der Waals surface area contributed by atoms with E-state index in [1.54, 1.807) is 24.3 Å². The largest absolute Gasteiger partial charge is 0.292 e. The Morgan fingerprint density at radius 2 is 1.55 bits per heavy atom. The molecule has 2 aromatic rings. The Morgan fingerprint density at radius 1 is 0.955 bits per heavy atom. The first-order valence-corrected chi connectivity index (χ1v) is 7.40. The van der Waals surface area contributed by atoms with Crippen molar-refractivity contribution in [3.05, 3.63) is 64.7 Å². The topological polar surface area (TPSA) is 46.5 Å². The molecule has 3 nitrogen and oxygen atoms in total. The fourth-order valence-corrected chi connectivity index (χ4v) is 2.94. The zero-order valence-electron chi connectivity index (χ0n) is 12.3. The lowest BCUT2D eigenvalue weighted by Crippen LogP contribution is -2.37. The van der Waals surface area contributed by atoms with Crippen LogP contribution in [0.3, 0.4) is 0 Å². The standard InChI is InChI=1S/C18H14ClNO2/c1-10-7-11(2)9-12(8-10)20-16-15(19)17(21)13-5-3-4-6-14(13)18(16)22/h3-9,15H,1-2H3. The van der Waals surface area contributed by atoms with Crippen LogP contribution in [0.25, 0.3) is 0 Å². The summed E-state index contributed by atoms with van der Waals surface area (Å²) in [5, 5.41) is -1.04. The number of aliphatic imine (C=N–C) groups is 1. The number of benzene rings is 2. The zero-order valence-corrected chi connectivity index (χ0v) is 13.0. The van der Waals surface area contributed by atoms with E-state index in [2.05, 4.69) is 4.99 Å². The summed E-state index contributed by atoms with van der Waals surface area (Å²) in [5.74, 6) is -0.561. The number of Topliss-reactive ketones (excluding diaryl/α,β-unsaturated/α-hetero) is 2. The van der Waals surface area contributed by atoms with Gasteiger partial charge in [-0.1, -0.05) is 30.3 Å². The molecule has 4 heteroatoms. The Balaban J connectivity index is 2.13. The van der Waals surface area contributed by atoms with Gasteiger partial charge in [0.2, 0.25) is 5.78 Å². The Labute approximate surface area is 133 Å². The van der Waals surface area contributed by atoms with Gasteiger partial charge in [0, 0.05) is 11.1 Å². The van der Waals surface area contributed by atoms with E-state index >= 15 is 0 Å². The number of rotatable bonds is 1. The molecule has 0 bridgehead atoms. The van der Waals surface area contributed by atoms with Crippen LogP contribution in [-0.2, 0) is 0 Å². The summed E-state index contributed by atoms with van der Waals surface area (Å²) in [7, 11) is 0. The summed E-state index contributed by atoms with van der Waals surface area (Å²) in [4.78, 5) is 29.3. The third-order valence-electron chi connectivity index (χ3n) is 3.60. The second-order valence-corrected chi connectivity index (χ2v) is 5.88. The molecule has 22 heavy (non-hydrogen) atoms. The number of carbonyl (C=O) groups excluding carboxylic acids is 2. The van der Waals surface area contributed by atoms with E-state index < -0.39 is 5.38 Å². The second kappa shape index (κ2) is 5.50. The van der Waals surface area contributed by atoms with Crippen LogP contribution in [0, 0.1) is 13.8 Å². The van der Waals surface area contributed by atoms with Gasteiger partial charge in [-0.15, -0.1) is 11.6 Å². The van der Waals surface area contributed by atoms with E-state index in [0.717, 1.165) is 11.1 Å². The number of halogens is 1. The van der Waals surface area contributed by atoms with E-state index in [1.165, 1.54) is 0 Å². The highest BCUT2D eigenvalue weighted by atomic mass is 35.5. The highest BCUT2D eigenvalue weighted by Gasteiger charge is 2.37. The van der Waals surface area contributed by atoms with Crippen LogP contribution in [0.15, 0.2) is 47.5 Å². The highest BCUT2D eigenvalue weighted by molar-refractivity contribution is 6.65. The Kier molecular flexibility index (Phi) is 3.67. The fourth-order valence-electron chi connectivity index (χ4n) is 2.67. The van der Waals surface area contributed by atoms with E-state index in [4.69, 9.17) is 11.6 Å². The van der Waals surface area contributed by atoms with Crippen LogP contribution >= 0.6 is 11.6 Å². The first-order chi connectivity index (χ1) is 10.5. The predicted molar refractivity (Wildman–Crippen MR) is 87.8 cm³/mol. The highest BCUT2D eigenvalue weighted by Crippen LogP contribution is 2.26. The van der Waals surface area contributed by atoms with Gasteiger partial charge in [0.25, 0.3) is 0 Å². The molecule has 0 radical (unpaired) electrons. The summed E-state index contributed by atoms with van der Waals surface area (Å²) < 4.78 is 0. The van der Waals surface area contributed by atoms with Gasteiger partial charge in [0.15, 0.2) is 5.78 Å². The van der Waals surface area contributed by atoms with E-state index in [1.807, 2.05) is 32.0 Å². The maximum Gasteiger partial charge on any atom is 0.209 e. The summed E-state index contributed by atoms with van der Waals surface area (Å²) in [6, 6.07) is 12.5. The SMILES string of the molecule is Cc1cc(C)cc(N=C2C(=O)c3ccccc3C(=O)C2Cl)c1. The van der Waals surface area contributed by atoms with Crippen molar-refractivity contribution in [3.63, 3.8) is 0 Å². The van der Waals surface area contributed by atoms with Crippen LogP contribution in [0.1, 0.15) is 31.8 Å². The van der Waals surface area contributed by atoms with Crippen LogP contribution < -0.4 is 0 Å². The third-order valence-corrected chi connectivity index (χ3v) is 4.00. The number of hydrogen-bond donors (Lipinski definition) is 0. The minimum Gasteiger partial charge on any atom is -0.292 e. The molecule has 1 aliphatic carbocycles. The number of carbonyl (C=O) groups is 2. The minimum atomic E-state index is -1.04. The lowest BCUT2D eigenvalue weighted by atomic mass is 9.87. The smallest absolute Gasteiger partial charge is 0.209 e. The molecule has 0 N–H and O–H groups in total. The van der Waals surface area contributed by atoms with E-state index in [9.17, 15) is 9.59 Å². The number of fused-ring (bicyclic) bond motifs is 1. The monoisotopic (exact) mass is 311 g/mol. The van der Waals surface area contributed by atoms with Gasteiger partial charge >= 0.3 is 0 Å². The summed E-state index contributed by atoms with van der Waals surface area (Å²) >= 11 is 6.18. The first kappa shape index (κ1) is 14.7. The predicted octanol–water partition coefficient (Wildman–Crippen LogP) is 4.06. The Morgan fingerprint density at radius 3 is 2.18 bits per heavy atom. The van der Waals surface area contributed by atoms with Crippen molar-refractivity contribution in [3.8, 4) is 0 Å². The molecule has 110 valence electrons. The van der Waals surface area contributed by atoms with Crippen LogP contribution in [0.4, 0.5) is 5.69 Å². The van der Waals surface area contributed by atoms with Crippen LogP contribution in [-0.4, -0.2) is 22.7 Å². The van der Waals surface area contributed by atoms with Gasteiger partial charge in [-0.25, -0.2) is 4.99 Å². The first-order valence-electron chi connectivity index (χ1n) is 6.96. The molecule has 0 amide bonds. The average Bonchev–Trinajstić information content (AvgIpc) is 2.48. The molecule has 2 aromatic carbocycles. The normalized spacial score (nSPS) is 19.4. The number of aryl methyl sites for hydroxylation is 2. The Hall–Kier alpha value is -2.26. The molecule has 1 unspecified atom stereocenters. The molecule has 0 aliphatic heterocycles. The van der Waals surface area contributed by atoms with Crippen LogP contribution in [0.2, 0.25) is 0 Å².